The lowest BCUT2D eigenvalue weighted by atomic mass is 9.82. The van der Waals surface area contributed by atoms with Crippen molar-refractivity contribution < 1.29 is 43.0 Å². The van der Waals surface area contributed by atoms with Crippen molar-refractivity contribution in [2.24, 2.45) is 11.1 Å². The largest absolute Gasteiger partial charge is 0.480 e. The summed E-state index contributed by atoms with van der Waals surface area (Å²) in [4.78, 5) is 63.7. The fourth-order valence-corrected chi connectivity index (χ4v) is 6.14. The van der Waals surface area contributed by atoms with Crippen LogP contribution >= 0.6 is 0 Å². The highest BCUT2D eigenvalue weighted by Gasteiger charge is 2.37. The van der Waals surface area contributed by atoms with Gasteiger partial charge in [-0.1, -0.05) is 58.0 Å². The third-order valence-electron chi connectivity index (χ3n) is 8.88. The number of hydrogen-bond acceptors (Lipinski definition) is 7. The number of halogens is 2. The molecule has 0 radical (unpaired) electrons. The van der Waals surface area contributed by atoms with E-state index in [4.69, 9.17) is 5.73 Å². The van der Waals surface area contributed by atoms with E-state index in [0.717, 1.165) is 23.8 Å². The molecule has 0 aliphatic heterocycles. The highest BCUT2D eigenvalue weighted by Crippen LogP contribution is 2.41. The normalized spacial score (nSPS) is 13.2. The molecule has 0 fully saturated rings. The zero-order valence-electron chi connectivity index (χ0n) is 30.2. The summed E-state index contributed by atoms with van der Waals surface area (Å²) < 4.78 is 31.1. The van der Waals surface area contributed by atoms with Gasteiger partial charge in [0.05, 0.1) is 12.1 Å². The predicted octanol–water partition coefficient (Wildman–Crippen LogP) is 5.18. The molecule has 0 aliphatic carbocycles. The van der Waals surface area contributed by atoms with Crippen LogP contribution in [0.1, 0.15) is 89.9 Å². The van der Waals surface area contributed by atoms with E-state index in [1.807, 2.05) is 55.7 Å². The Balaban J connectivity index is 1.86. The Morgan fingerprint density at radius 3 is 2.23 bits per heavy atom. The molecule has 13 heteroatoms. The number of carbonyl (C=O) groups excluding carboxylic acids is 4. The van der Waals surface area contributed by atoms with Crippen LogP contribution in [0.25, 0.3) is 11.1 Å². The van der Waals surface area contributed by atoms with E-state index >= 15 is 4.39 Å². The molecule has 0 aliphatic rings. The Hall–Kier alpha value is -4.75. The van der Waals surface area contributed by atoms with Gasteiger partial charge in [0.25, 0.3) is 0 Å². The summed E-state index contributed by atoms with van der Waals surface area (Å²) in [5.41, 5.74) is 7.38. The molecule has 1 heterocycles. The lowest BCUT2D eigenvalue weighted by Gasteiger charge is -2.41. The molecule has 0 saturated carbocycles. The number of aliphatic carboxylic acids is 1. The summed E-state index contributed by atoms with van der Waals surface area (Å²) >= 11 is 0. The lowest BCUT2D eigenvalue weighted by molar-refractivity contribution is -0.142. The summed E-state index contributed by atoms with van der Waals surface area (Å²) in [7, 11) is 0. The number of ketones is 2. The fourth-order valence-electron chi connectivity index (χ4n) is 6.14. The first-order valence-electron chi connectivity index (χ1n) is 17.5. The Labute approximate surface area is 303 Å². The molecule has 0 unspecified atom stereocenters. The first kappa shape index (κ1) is 41.7. The van der Waals surface area contributed by atoms with Crippen LogP contribution in [-0.2, 0) is 30.5 Å². The number of hydrogen-bond donors (Lipinski definition) is 4. The highest BCUT2D eigenvalue weighted by molar-refractivity contribution is 5.87. The molecule has 52 heavy (non-hydrogen) atoms. The number of aliphatic hydroxyl groups is 1. The van der Waals surface area contributed by atoms with Crippen molar-refractivity contribution in [2.75, 3.05) is 13.2 Å². The summed E-state index contributed by atoms with van der Waals surface area (Å²) in [5.74, 6) is -4.25. The number of nitrogens with two attached hydrogens (primary N) is 1. The molecule has 3 atom stereocenters. The van der Waals surface area contributed by atoms with Crippen molar-refractivity contribution in [2.45, 2.75) is 97.3 Å². The molecule has 11 nitrogen and oxygen atoms in total. The highest BCUT2D eigenvalue weighted by atomic mass is 19.1. The summed E-state index contributed by atoms with van der Waals surface area (Å²) in [6.45, 7) is 6.71. The molecule has 0 bridgehead atoms. The van der Waals surface area contributed by atoms with Crippen molar-refractivity contribution in [3.63, 3.8) is 0 Å². The van der Waals surface area contributed by atoms with Gasteiger partial charge in [-0.05, 0) is 54.5 Å². The van der Waals surface area contributed by atoms with E-state index in [-0.39, 0.29) is 55.8 Å². The van der Waals surface area contributed by atoms with Crippen LogP contribution in [0, 0.1) is 17.0 Å². The van der Waals surface area contributed by atoms with Gasteiger partial charge in [0.2, 0.25) is 11.8 Å². The topological polar surface area (TPSA) is 172 Å². The molecule has 2 amide bonds. The average Bonchev–Trinajstić information content (AvgIpc) is 3.50. The molecular weight excluding hydrogens is 674 g/mol. The maximum Gasteiger partial charge on any atom is 0.326 e. The number of amides is 2. The second-order valence-electron chi connectivity index (χ2n) is 14.0. The minimum atomic E-state index is -1.39. The number of benzene rings is 2. The van der Waals surface area contributed by atoms with Gasteiger partial charge in [-0.3, -0.25) is 19.2 Å². The zero-order valence-corrected chi connectivity index (χ0v) is 30.2. The van der Waals surface area contributed by atoms with Crippen LogP contribution in [0.15, 0.2) is 60.8 Å². The first-order chi connectivity index (χ1) is 24.5. The zero-order chi connectivity index (χ0) is 38.6. The van der Waals surface area contributed by atoms with E-state index in [1.54, 1.807) is 19.2 Å². The van der Waals surface area contributed by atoms with Gasteiger partial charge >= 0.3 is 5.97 Å². The molecule has 0 spiro atoms. The van der Waals surface area contributed by atoms with Crippen LogP contribution in [0.4, 0.5) is 8.78 Å². The van der Waals surface area contributed by atoms with E-state index in [2.05, 4.69) is 5.32 Å². The van der Waals surface area contributed by atoms with Gasteiger partial charge in [-0.2, -0.15) is 0 Å². The van der Waals surface area contributed by atoms with Gasteiger partial charge in [0.1, 0.15) is 35.8 Å². The third-order valence-corrected chi connectivity index (χ3v) is 8.88. The minimum Gasteiger partial charge on any atom is -0.480 e. The van der Waals surface area contributed by atoms with E-state index < -0.39 is 59.6 Å². The molecule has 5 N–H and O–H groups in total. The Morgan fingerprint density at radius 2 is 1.62 bits per heavy atom. The maximum absolute atomic E-state index is 15.0. The van der Waals surface area contributed by atoms with Crippen molar-refractivity contribution in [3.05, 3.63) is 83.7 Å². The number of carbonyl (C=O) groups is 5. The second kappa shape index (κ2) is 19.2. The van der Waals surface area contributed by atoms with Crippen molar-refractivity contribution in [3.8, 4) is 11.1 Å². The number of carboxylic acids is 1. The van der Waals surface area contributed by atoms with Crippen LogP contribution in [0.5, 0.6) is 0 Å². The molecule has 3 rings (SSSR count). The summed E-state index contributed by atoms with van der Waals surface area (Å²) in [5, 5.41) is 22.2. The SMILES string of the molecule is CCC(=O)CCCC(=O)CC[C@@H](NC(=O)[C@@H](N)CCN(C(=O)CO)[C@@H](c1cc(-c2cc(F)ccc2F)cn1Cc1ccccc1)C(C)(C)C)C(=O)O. The van der Waals surface area contributed by atoms with Crippen molar-refractivity contribution in [1.82, 2.24) is 14.8 Å². The number of rotatable bonds is 20. The van der Waals surface area contributed by atoms with Crippen LogP contribution < -0.4 is 11.1 Å². The quantitative estimate of drug-likeness (QED) is 0.124. The van der Waals surface area contributed by atoms with Crippen LogP contribution in [-0.4, -0.2) is 74.3 Å². The second-order valence-corrected chi connectivity index (χ2v) is 14.0. The number of carboxylic acid groups (broad SMARTS) is 1. The number of aromatic nitrogens is 1. The number of nitrogens with one attached hydrogen (secondary N) is 1. The van der Waals surface area contributed by atoms with Gasteiger partial charge in [0, 0.05) is 61.8 Å². The van der Waals surface area contributed by atoms with E-state index in [9.17, 15) is 38.6 Å². The monoisotopic (exact) mass is 724 g/mol. The predicted molar refractivity (Wildman–Crippen MR) is 192 cm³/mol. The minimum absolute atomic E-state index is 0.0285. The van der Waals surface area contributed by atoms with Gasteiger partial charge in [-0.15, -0.1) is 0 Å². The van der Waals surface area contributed by atoms with Gasteiger partial charge < -0.3 is 30.7 Å². The maximum atomic E-state index is 15.0. The number of aliphatic hydroxyl groups excluding tert-OH is 1. The summed E-state index contributed by atoms with van der Waals surface area (Å²) in [6, 6.07) is 10.8. The van der Waals surface area contributed by atoms with Crippen LogP contribution in [0.3, 0.4) is 0 Å². The first-order valence-corrected chi connectivity index (χ1v) is 17.5. The van der Waals surface area contributed by atoms with Gasteiger partial charge in [-0.25, -0.2) is 13.6 Å². The third kappa shape index (κ3) is 11.9. The molecule has 282 valence electrons. The Kier molecular flexibility index (Phi) is 15.4. The Bertz CT molecular complexity index is 1700. The standard InChI is InChI=1S/C39H50F2N4O7/c1-5-28(47)12-9-13-29(48)15-17-33(38(51)52)43-37(50)32(42)18-19-45(35(49)24-46)36(39(2,3)4)34-20-26(30-21-27(40)14-16-31(30)41)23-44(34)22-25-10-7-6-8-11-25/h6-8,10-11,14,16,20-21,23,32-33,36,46H,5,9,12-13,15,17-19,22,24,42H2,1-4H3,(H,43,50)(H,51,52)/t32-,33+,36-/m0/s1. The number of nitrogens with zero attached hydrogens (tertiary/aromatic N) is 2. The van der Waals surface area contributed by atoms with Gasteiger partial charge in [0.15, 0.2) is 0 Å². The molecule has 3 aromatic rings. The van der Waals surface area contributed by atoms with E-state index in [1.165, 1.54) is 4.90 Å². The molecule has 0 saturated heterocycles. The molecular formula is C39H50F2N4O7. The molecule has 1 aromatic heterocycles. The Morgan fingerprint density at radius 1 is 0.942 bits per heavy atom. The van der Waals surface area contributed by atoms with Crippen molar-refractivity contribution >= 4 is 29.4 Å². The van der Waals surface area contributed by atoms with E-state index in [0.29, 0.717) is 30.6 Å². The average molecular weight is 725 g/mol. The number of Topliss-reactive ketones (excluding diaryl/α,β-unsaturated/α-hetero) is 2. The summed E-state index contributed by atoms with van der Waals surface area (Å²) in [6.07, 6.45) is 2.44. The fraction of sp³-hybridized carbons (Fsp3) is 0.462. The van der Waals surface area contributed by atoms with Crippen molar-refractivity contribution in [1.29, 1.82) is 0 Å². The van der Waals surface area contributed by atoms with Crippen LogP contribution in [0.2, 0.25) is 0 Å². The lowest BCUT2D eigenvalue weighted by Crippen LogP contribution is -2.50. The molecule has 2 aromatic carbocycles. The smallest absolute Gasteiger partial charge is 0.326 e.